The Morgan fingerprint density at radius 3 is 2.77 bits per heavy atom. The van der Waals surface area contributed by atoms with Crippen LogP contribution in [0.15, 0.2) is 46.1 Å². The number of hydrogen-bond acceptors (Lipinski definition) is 9. The lowest BCUT2D eigenvalue weighted by Gasteiger charge is -2.34. The quantitative estimate of drug-likeness (QED) is 0.530. The molecule has 10 nitrogen and oxygen atoms in total. The Bertz CT molecular complexity index is 1140. The van der Waals surface area contributed by atoms with E-state index in [1.165, 1.54) is 0 Å². The van der Waals surface area contributed by atoms with Crippen LogP contribution in [0.4, 0.5) is 8.78 Å². The molecule has 2 aliphatic rings. The lowest BCUT2D eigenvalue weighted by molar-refractivity contribution is -0.193. The molecule has 31 heavy (non-hydrogen) atoms. The van der Waals surface area contributed by atoms with Gasteiger partial charge in [0.15, 0.2) is 11.8 Å². The molecular weight excluding hydrogens is 461 g/mol. The van der Waals surface area contributed by atoms with Crippen molar-refractivity contribution in [3.05, 3.63) is 62.9 Å². The van der Waals surface area contributed by atoms with Gasteiger partial charge in [-0.25, -0.2) is 13.6 Å². The van der Waals surface area contributed by atoms with Crippen molar-refractivity contribution < 1.29 is 37.3 Å². The predicted molar refractivity (Wildman–Crippen MR) is 104 cm³/mol. The van der Waals surface area contributed by atoms with Gasteiger partial charge in [0.1, 0.15) is 18.0 Å². The molecule has 1 unspecified atom stereocenters. The summed E-state index contributed by atoms with van der Waals surface area (Å²) < 4.78 is 50.5. The van der Waals surface area contributed by atoms with Crippen molar-refractivity contribution in [1.29, 1.82) is 0 Å². The molecule has 1 saturated heterocycles. The molecule has 2 aromatic rings. The van der Waals surface area contributed by atoms with Crippen molar-refractivity contribution in [2.45, 2.75) is 37.1 Å². The first-order chi connectivity index (χ1) is 14.7. The molecular formula is C17H17F2N2O8PS. The highest BCUT2D eigenvalue weighted by atomic mass is 32.5. The monoisotopic (exact) mass is 478 g/mol. The summed E-state index contributed by atoms with van der Waals surface area (Å²) >= 11 is 5.23. The van der Waals surface area contributed by atoms with Gasteiger partial charge in [0, 0.05) is 29.6 Å². The van der Waals surface area contributed by atoms with Crippen molar-refractivity contribution in [2.75, 3.05) is 6.61 Å². The van der Waals surface area contributed by atoms with Crippen LogP contribution in [-0.2, 0) is 32.2 Å². The number of nitrogens with one attached hydrogen (secondary N) is 1. The number of fused-ring (bicyclic) bond motifs is 1. The summed E-state index contributed by atoms with van der Waals surface area (Å²) in [4.78, 5) is 25.2. The van der Waals surface area contributed by atoms with Crippen molar-refractivity contribution in [3.8, 4) is 5.75 Å². The van der Waals surface area contributed by atoms with Crippen molar-refractivity contribution in [2.24, 2.45) is 0 Å². The molecule has 1 fully saturated rings. The first kappa shape index (κ1) is 22.2. The van der Waals surface area contributed by atoms with Crippen molar-refractivity contribution in [3.63, 3.8) is 0 Å². The number of aromatic amines is 1. The summed E-state index contributed by atoms with van der Waals surface area (Å²) in [6.07, 6.45) is -8.20. The van der Waals surface area contributed by atoms with Gasteiger partial charge in [0.05, 0.1) is 13.2 Å². The summed E-state index contributed by atoms with van der Waals surface area (Å²) in [5, 5.41) is 20.7. The number of aliphatic hydroxyl groups excluding tert-OH is 2. The van der Waals surface area contributed by atoms with Crippen LogP contribution in [0.25, 0.3) is 0 Å². The minimum Gasteiger partial charge on any atom is -0.424 e. The maximum atomic E-state index is 14.1. The second-order valence-corrected chi connectivity index (χ2v) is 9.85. The summed E-state index contributed by atoms with van der Waals surface area (Å²) in [7, 11) is 0. The topological polar surface area (TPSA) is 132 Å². The molecule has 0 aliphatic carbocycles. The Hall–Kier alpha value is -1.99. The molecule has 0 bridgehead atoms. The van der Waals surface area contributed by atoms with E-state index in [4.69, 9.17) is 30.1 Å². The molecule has 168 valence electrons. The Balaban J connectivity index is 1.58. The maximum Gasteiger partial charge on any atom is 0.381 e. The van der Waals surface area contributed by atoms with Gasteiger partial charge in [0.25, 0.3) is 12.0 Å². The van der Waals surface area contributed by atoms with E-state index in [1.54, 1.807) is 24.3 Å². The Kier molecular flexibility index (Phi) is 5.85. The molecule has 1 aromatic heterocycles. The number of hydrogen-bond donors (Lipinski definition) is 3. The van der Waals surface area contributed by atoms with Crippen LogP contribution < -0.4 is 15.8 Å². The summed E-state index contributed by atoms with van der Waals surface area (Å²) in [6.45, 7) is -4.47. The number of nitrogens with zero attached hydrogens (tertiary/aromatic N) is 1. The second-order valence-electron chi connectivity index (χ2n) is 6.91. The molecule has 0 saturated carbocycles. The number of benzene rings is 1. The van der Waals surface area contributed by atoms with Gasteiger partial charge in [-0.2, -0.15) is 0 Å². The van der Waals surface area contributed by atoms with Crippen LogP contribution in [0.1, 0.15) is 11.8 Å². The molecule has 5 atom stereocenters. The molecule has 2 aliphatic heterocycles. The van der Waals surface area contributed by atoms with Gasteiger partial charge in [-0.1, -0.05) is 18.2 Å². The summed E-state index contributed by atoms with van der Waals surface area (Å²) in [5.41, 5.74) is -3.80. The van der Waals surface area contributed by atoms with Crippen LogP contribution in [0, 0.1) is 0 Å². The van der Waals surface area contributed by atoms with Crippen molar-refractivity contribution >= 4 is 18.5 Å². The molecule has 4 rings (SSSR count). The second kappa shape index (κ2) is 8.17. The largest absolute Gasteiger partial charge is 0.424 e. The van der Waals surface area contributed by atoms with Gasteiger partial charge >= 0.3 is 12.4 Å². The molecule has 0 radical (unpaired) electrons. The predicted octanol–water partition coefficient (Wildman–Crippen LogP) is 0.641. The minimum atomic E-state index is -3.52. The van der Waals surface area contributed by atoms with Crippen LogP contribution in [0.5, 0.6) is 5.75 Å². The number of rotatable bonds is 5. The highest BCUT2D eigenvalue weighted by molar-refractivity contribution is 8.07. The number of H-pyrrole nitrogens is 1. The van der Waals surface area contributed by atoms with Crippen LogP contribution in [-0.4, -0.2) is 50.6 Å². The zero-order valence-corrected chi connectivity index (χ0v) is 17.3. The van der Waals surface area contributed by atoms with Crippen LogP contribution in [0.2, 0.25) is 0 Å². The van der Waals surface area contributed by atoms with E-state index in [0.717, 1.165) is 12.3 Å². The fourth-order valence-corrected chi connectivity index (χ4v) is 5.09. The van der Waals surface area contributed by atoms with Gasteiger partial charge in [-0.3, -0.25) is 23.4 Å². The zero-order valence-electron chi connectivity index (χ0n) is 15.6. The van der Waals surface area contributed by atoms with Gasteiger partial charge < -0.3 is 19.5 Å². The number of aromatic nitrogens is 2. The molecule has 3 heterocycles. The Labute approximate surface area is 178 Å². The van der Waals surface area contributed by atoms with E-state index in [0.29, 0.717) is 15.9 Å². The fourth-order valence-electron chi connectivity index (χ4n) is 3.27. The van der Waals surface area contributed by atoms with Crippen LogP contribution >= 0.6 is 6.72 Å². The lowest BCUT2D eigenvalue weighted by atomic mass is 9.96. The average Bonchev–Trinajstić information content (AvgIpc) is 2.98. The van der Waals surface area contributed by atoms with E-state index in [-0.39, 0.29) is 6.61 Å². The van der Waals surface area contributed by atoms with E-state index in [9.17, 15) is 28.6 Å². The minimum absolute atomic E-state index is 0.0383. The zero-order chi connectivity index (χ0) is 22.4. The van der Waals surface area contributed by atoms with Gasteiger partial charge in [-0.15, -0.1) is 0 Å². The van der Waals surface area contributed by atoms with E-state index >= 15 is 0 Å². The average molecular weight is 478 g/mol. The number of ether oxygens (including phenoxy) is 1. The normalized spacial score (nSPS) is 32.6. The highest BCUT2D eigenvalue weighted by Crippen LogP contribution is 2.56. The van der Waals surface area contributed by atoms with E-state index in [1.807, 2.05) is 4.98 Å². The summed E-state index contributed by atoms with van der Waals surface area (Å²) in [5.74, 6) is 0.383. The maximum absolute atomic E-state index is 14.1. The summed E-state index contributed by atoms with van der Waals surface area (Å²) in [6, 6.07) is 7.75. The smallest absolute Gasteiger partial charge is 0.381 e. The molecule has 0 spiro atoms. The standard InChI is InChI=1S/C17H17F2N2O8PS/c18-15(19)17(8-27-30(31)26-7-9-3-1-2-4-10(9)29-30)13(24)12(23)14(28-17)21-6-5-11(22)20-16(21)25/h1-6,12-15,23-24H,7-8H2,(H,20,22,25)/t12-,13-,14-,17-,30?/m1/s1. The Morgan fingerprint density at radius 2 is 2.06 bits per heavy atom. The third kappa shape index (κ3) is 3.98. The third-order valence-electron chi connectivity index (χ3n) is 4.96. The molecule has 14 heteroatoms. The van der Waals surface area contributed by atoms with Gasteiger partial charge in [0.2, 0.25) is 0 Å². The first-order valence-electron chi connectivity index (χ1n) is 8.95. The molecule has 3 N–H and O–H groups in total. The number of aliphatic hydroxyl groups is 2. The highest BCUT2D eigenvalue weighted by Gasteiger charge is 2.61. The lowest BCUT2D eigenvalue weighted by Crippen LogP contribution is -2.52. The number of halogens is 2. The SMILES string of the molecule is O=c1ccn([C@@H]2O[C@@](COP3(=S)OCc4ccccc4O3)(C(F)F)[C@H](O)[C@H]2O)c(=O)[nH]1. The van der Waals surface area contributed by atoms with Crippen molar-refractivity contribution in [1.82, 2.24) is 9.55 Å². The van der Waals surface area contributed by atoms with Crippen LogP contribution in [0.3, 0.4) is 0 Å². The Morgan fingerprint density at radius 1 is 1.32 bits per heavy atom. The molecule has 0 amide bonds. The number of para-hydroxylation sites is 1. The van der Waals surface area contributed by atoms with E-state index in [2.05, 4.69) is 0 Å². The first-order valence-corrected chi connectivity index (χ1v) is 11.5. The fraction of sp³-hybridized carbons (Fsp3) is 0.412. The third-order valence-corrected chi connectivity index (χ3v) is 7.13. The van der Waals surface area contributed by atoms with E-state index < -0.39 is 55.0 Å². The molecule has 1 aromatic carbocycles. The number of alkyl halides is 2. The van der Waals surface area contributed by atoms with Gasteiger partial charge in [-0.05, 0) is 6.07 Å².